The largest absolute Gasteiger partial charge is 0.478 e. The van der Waals surface area contributed by atoms with Gasteiger partial charge in [0.15, 0.2) is 0 Å². The van der Waals surface area contributed by atoms with Crippen LogP contribution in [0.1, 0.15) is 37.0 Å². The first-order valence-electron chi connectivity index (χ1n) is 6.05. The van der Waals surface area contributed by atoms with Gasteiger partial charge in [-0.25, -0.2) is 4.79 Å². The third-order valence-corrected chi connectivity index (χ3v) is 3.76. The number of hydrogen-bond donors (Lipinski definition) is 3. The molecule has 1 rings (SSSR count). The van der Waals surface area contributed by atoms with Gasteiger partial charge in [0.1, 0.15) is 0 Å². The van der Waals surface area contributed by atoms with Crippen molar-refractivity contribution in [2.24, 2.45) is 5.92 Å². The Morgan fingerprint density at radius 1 is 1.44 bits per heavy atom. The standard InChI is InChI=1S/C13H19BrN2O2/c1-3-8(4-2)7-16-12-5-9(13(17)18)11(15)6-10(12)14/h5-6,8,16H,3-4,7,15H2,1-2H3,(H,17,18). The fourth-order valence-corrected chi connectivity index (χ4v) is 2.24. The Morgan fingerprint density at radius 3 is 2.56 bits per heavy atom. The van der Waals surface area contributed by atoms with Crippen LogP contribution in [0, 0.1) is 5.92 Å². The number of anilines is 2. The third kappa shape index (κ3) is 3.63. The molecule has 0 bridgehead atoms. The van der Waals surface area contributed by atoms with E-state index in [0.717, 1.165) is 29.5 Å². The van der Waals surface area contributed by atoms with Crippen molar-refractivity contribution >= 4 is 33.3 Å². The number of hydrogen-bond acceptors (Lipinski definition) is 3. The fraction of sp³-hybridized carbons (Fsp3) is 0.462. The van der Waals surface area contributed by atoms with Crippen LogP contribution in [0.2, 0.25) is 0 Å². The quantitative estimate of drug-likeness (QED) is 0.701. The molecule has 0 aliphatic rings. The molecule has 5 heteroatoms. The minimum atomic E-state index is -1.01. The number of carboxylic acids is 1. The molecule has 0 saturated heterocycles. The van der Waals surface area contributed by atoms with Crippen LogP contribution in [0.3, 0.4) is 0 Å². The van der Waals surface area contributed by atoms with Gasteiger partial charge in [-0.1, -0.05) is 26.7 Å². The molecule has 0 radical (unpaired) electrons. The van der Waals surface area contributed by atoms with Crippen molar-refractivity contribution in [3.05, 3.63) is 22.2 Å². The number of benzene rings is 1. The first-order valence-corrected chi connectivity index (χ1v) is 6.85. The van der Waals surface area contributed by atoms with E-state index in [1.165, 1.54) is 0 Å². The lowest BCUT2D eigenvalue weighted by Crippen LogP contribution is -2.14. The number of carboxylic acid groups (broad SMARTS) is 1. The zero-order valence-corrected chi connectivity index (χ0v) is 12.3. The van der Waals surface area contributed by atoms with E-state index in [9.17, 15) is 4.79 Å². The number of carbonyl (C=O) groups is 1. The molecule has 100 valence electrons. The van der Waals surface area contributed by atoms with E-state index in [1.54, 1.807) is 12.1 Å². The highest BCUT2D eigenvalue weighted by atomic mass is 79.9. The Kier molecular flexibility index (Phi) is 5.47. The van der Waals surface area contributed by atoms with E-state index in [2.05, 4.69) is 35.1 Å². The molecule has 0 amide bonds. The van der Waals surface area contributed by atoms with Crippen LogP contribution in [0.5, 0.6) is 0 Å². The number of nitrogen functional groups attached to an aromatic ring is 1. The smallest absolute Gasteiger partial charge is 0.337 e. The van der Waals surface area contributed by atoms with Gasteiger partial charge in [0, 0.05) is 22.4 Å². The average molecular weight is 315 g/mol. The Labute approximate surface area is 116 Å². The summed E-state index contributed by atoms with van der Waals surface area (Å²) in [4.78, 5) is 11.0. The van der Waals surface area contributed by atoms with Gasteiger partial charge in [0.25, 0.3) is 0 Å². The Hall–Kier alpha value is -1.23. The van der Waals surface area contributed by atoms with E-state index in [0.29, 0.717) is 5.92 Å². The van der Waals surface area contributed by atoms with Crippen LogP contribution in [-0.4, -0.2) is 17.6 Å². The number of nitrogens with two attached hydrogens (primary N) is 1. The summed E-state index contributed by atoms with van der Waals surface area (Å²) in [5.74, 6) is -0.423. The molecule has 4 nitrogen and oxygen atoms in total. The van der Waals surface area contributed by atoms with Crippen LogP contribution in [0.25, 0.3) is 0 Å². The van der Waals surface area contributed by atoms with E-state index in [1.807, 2.05) is 0 Å². The van der Waals surface area contributed by atoms with E-state index in [4.69, 9.17) is 10.8 Å². The number of nitrogens with one attached hydrogen (secondary N) is 1. The summed E-state index contributed by atoms with van der Waals surface area (Å²) < 4.78 is 0.788. The zero-order valence-electron chi connectivity index (χ0n) is 10.7. The van der Waals surface area contributed by atoms with Crippen LogP contribution in [0.4, 0.5) is 11.4 Å². The molecule has 18 heavy (non-hydrogen) atoms. The SMILES string of the molecule is CCC(CC)CNc1cc(C(=O)O)c(N)cc1Br. The molecule has 0 aliphatic carbocycles. The summed E-state index contributed by atoms with van der Waals surface area (Å²) >= 11 is 3.39. The first kappa shape index (κ1) is 14.8. The lowest BCUT2D eigenvalue weighted by Gasteiger charge is -2.16. The summed E-state index contributed by atoms with van der Waals surface area (Å²) in [5.41, 5.74) is 6.83. The summed E-state index contributed by atoms with van der Waals surface area (Å²) in [6.07, 6.45) is 2.20. The molecule has 0 unspecified atom stereocenters. The lowest BCUT2D eigenvalue weighted by molar-refractivity contribution is 0.0698. The average Bonchev–Trinajstić information content (AvgIpc) is 2.32. The van der Waals surface area contributed by atoms with Crippen LogP contribution < -0.4 is 11.1 Å². The van der Waals surface area contributed by atoms with Gasteiger partial charge in [-0.05, 0) is 34.0 Å². The van der Waals surface area contributed by atoms with Crippen molar-refractivity contribution in [3.63, 3.8) is 0 Å². The Morgan fingerprint density at radius 2 is 2.06 bits per heavy atom. The van der Waals surface area contributed by atoms with Crippen molar-refractivity contribution in [1.82, 2.24) is 0 Å². The maximum atomic E-state index is 11.0. The van der Waals surface area contributed by atoms with Gasteiger partial charge in [0.05, 0.1) is 5.56 Å². The second-order valence-corrected chi connectivity index (χ2v) is 5.14. The van der Waals surface area contributed by atoms with Gasteiger partial charge in [-0.15, -0.1) is 0 Å². The Balaban J connectivity index is 2.88. The minimum Gasteiger partial charge on any atom is -0.478 e. The maximum Gasteiger partial charge on any atom is 0.337 e. The summed E-state index contributed by atoms with van der Waals surface area (Å²) in [7, 11) is 0. The Bertz CT molecular complexity index is 431. The predicted molar refractivity (Wildman–Crippen MR) is 78.1 cm³/mol. The van der Waals surface area contributed by atoms with Crippen LogP contribution in [0.15, 0.2) is 16.6 Å². The second kappa shape index (κ2) is 6.64. The van der Waals surface area contributed by atoms with Crippen molar-refractivity contribution < 1.29 is 9.90 Å². The molecular formula is C13H19BrN2O2. The van der Waals surface area contributed by atoms with Crippen molar-refractivity contribution in [2.75, 3.05) is 17.6 Å². The van der Waals surface area contributed by atoms with E-state index < -0.39 is 5.97 Å². The minimum absolute atomic E-state index is 0.130. The highest BCUT2D eigenvalue weighted by Crippen LogP contribution is 2.28. The van der Waals surface area contributed by atoms with Gasteiger partial charge in [0.2, 0.25) is 0 Å². The van der Waals surface area contributed by atoms with Crippen molar-refractivity contribution in [3.8, 4) is 0 Å². The monoisotopic (exact) mass is 314 g/mol. The molecule has 0 fully saturated rings. The number of halogens is 1. The molecule has 1 aromatic carbocycles. The molecule has 0 aromatic heterocycles. The number of aromatic carboxylic acids is 1. The highest BCUT2D eigenvalue weighted by molar-refractivity contribution is 9.10. The molecule has 0 spiro atoms. The molecular weight excluding hydrogens is 296 g/mol. The van der Waals surface area contributed by atoms with Gasteiger partial charge < -0.3 is 16.2 Å². The van der Waals surface area contributed by atoms with Gasteiger partial charge in [-0.3, -0.25) is 0 Å². The predicted octanol–water partition coefficient (Wildman–Crippen LogP) is 3.58. The zero-order chi connectivity index (χ0) is 13.7. The summed E-state index contributed by atoms with van der Waals surface area (Å²) in [5, 5.41) is 12.3. The van der Waals surface area contributed by atoms with Gasteiger partial charge >= 0.3 is 5.97 Å². The fourth-order valence-electron chi connectivity index (χ4n) is 1.74. The molecule has 0 heterocycles. The third-order valence-electron chi connectivity index (χ3n) is 3.11. The van der Waals surface area contributed by atoms with Crippen LogP contribution in [-0.2, 0) is 0 Å². The maximum absolute atomic E-state index is 11.0. The van der Waals surface area contributed by atoms with Crippen molar-refractivity contribution in [1.29, 1.82) is 0 Å². The number of rotatable bonds is 6. The molecule has 0 saturated carbocycles. The van der Waals surface area contributed by atoms with Crippen LogP contribution >= 0.6 is 15.9 Å². The highest BCUT2D eigenvalue weighted by Gasteiger charge is 2.12. The normalized spacial score (nSPS) is 10.7. The first-order chi connectivity index (χ1) is 8.49. The lowest BCUT2D eigenvalue weighted by atomic mass is 10.0. The van der Waals surface area contributed by atoms with Gasteiger partial charge in [-0.2, -0.15) is 0 Å². The molecule has 4 N–H and O–H groups in total. The van der Waals surface area contributed by atoms with Crippen molar-refractivity contribution in [2.45, 2.75) is 26.7 Å². The molecule has 0 aliphatic heterocycles. The summed E-state index contributed by atoms with van der Waals surface area (Å²) in [6.45, 7) is 5.13. The topological polar surface area (TPSA) is 75.3 Å². The summed E-state index contributed by atoms with van der Waals surface area (Å²) in [6, 6.07) is 3.20. The molecule has 0 atom stereocenters. The van der Waals surface area contributed by atoms with E-state index >= 15 is 0 Å². The molecule has 1 aromatic rings. The van der Waals surface area contributed by atoms with E-state index in [-0.39, 0.29) is 11.3 Å². The second-order valence-electron chi connectivity index (χ2n) is 4.29.